The number of halogens is 1. The van der Waals surface area contributed by atoms with E-state index in [1.807, 2.05) is 0 Å². The SMILES string of the molecule is CCNC(=NCc1ccccc1CN(C)C(C)C)NC(C)C.I. The lowest BCUT2D eigenvalue weighted by Crippen LogP contribution is -2.41. The van der Waals surface area contributed by atoms with E-state index in [1.54, 1.807) is 0 Å². The van der Waals surface area contributed by atoms with E-state index in [2.05, 4.69) is 81.5 Å². The highest BCUT2D eigenvalue weighted by Gasteiger charge is 2.08. The highest BCUT2D eigenvalue weighted by atomic mass is 127. The van der Waals surface area contributed by atoms with E-state index in [9.17, 15) is 0 Å². The first-order chi connectivity index (χ1) is 10.4. The zero-order chi connectivity index (χ0) is 16.5. The number of nitrogens with zero attached hydrogens (tertiary/aromatic N) is 2. The van der Waals surface area contributed by atoms with E-state index in [0.29, 0.717) is 18.6 Å². The van der Waals surface area contributed by atoms with Crippen LogP contribution in [0.15, 0.2) is 29.3 Å². The summed E-state index contributed by atoms with van der Waals surface area (Å²) in [6, 6.07) is 9.48. The first-order valence-corrected chi connectivity index (χ1v) is 8.25. The van der Waals surface area contributed by atoms with Crippen LogP contribution in [0.1, 0.15) is 45.7 Å². The van der Waals surface area contributed by atoms with Crippen LogP contribution in [0.25, 0.3) is 0 Å². The maximum Gasteiger partial charge on any atom is 0.191 e. The fourth-order valence-corrected chi connectivity index (χ4v) is 2.07. The molecule has 0 aliphatic rings. The Bertz CT molecular complexity index is 472. The molecule has 0 amide bonds. The molecule has 2 N–H and O–H groups in total. The molecule has 132 valence electrons. The first-order valence-electron chi connectivity index (χ1n) is 8.25. The van der Waals surface area contributed by atoms with Crippen molar-refractivity contribution in [1.82, 2.24) is 15.5 Å². The Labute approximate surface area is 159 Å². The summed E-state index contributed by atoms with van der Waals surface area (Å²) in [4.78, 5) is 7.06. The van der Waals surface area contributed by atoms with Crippen LogP contribution in [0, 0.1) is 0 Å². The monoisotopic (exact) mass is 432 g/mol. The van der Waals surface area contributed by atoms with Gasteiger partial charge in [-0.3, -0.25) is 4.90 Å². The van der Waals surface area contributed by atoms with Crippen LogP contribution >= 0.6 is 24.0 Å². The van der Waals surface area contributed by atoms with Crippen molar-refractivity contribution in [2.75, 3.05) is 13.6 Å². The number of hydrogen-bond donors (Lipinski definition) is 2. The summed E-state index contributed by atoms with van der Waals surface area (Å²) in [6.07, 6.45) is 0. The lowest BCUT2D eigenvalue weighted by Gasteiger charge is -2.22. The lowest BCUT2D eigenvalue weighted by atomic mass is 10.1. The van der Waals surface area contributed by atoms with Gasteiger partial charge in [0.1, 0.15) is 0 Å². The number of guanidine groups is 1. The van der Waals surface area contributed by atoms with E-state index in [-0.39, 0.29) is 24.0 Å². The van der Waals surface area contributed by atoms with E-state index >= 15 is 0 Å². The molecule has 0 saturated heterocycles. The van der Waals surface area contributed by atoms with Gasteiger partial charge in [-0.15, -0.1) is 24.0 Å². The number of hydrogen-bond acceptors (Lipinski definition) is 2. The highest BCUT2D eigenvalue weighted by Crippen LogP contribution is 2.13. The third-order valence-electron chi connectivity index (χ3n) is 3.60. The van der Waals surface area contributed by atoms with Crippen LogP contribution in [0.5, 0.6) is 0 Å². The zero-order valence-corrected chi connectivity index (χ0v) is 17.7. The quantitative estimate of drug-likeness (QED) is 0.393. The van der Waals surface area contributed by atoms with Crippen molar-refractivity contribution in [2.24, 2.45) is 4.99 Å². The number of benzene rings is 1. The van der Waals surface area contributed by atoms with Gasteiger partial charge in [0.05, 0.1) is 6.54 Å². The summed E-state index contributed by atoms with van der Waals surface area (Å²) in [5.41, 5.74) is 2.64. The molecule has 0 bridgehead atoms. The van der Waals surface area contributed by atoms with Gasteiger partial charge in [-0.05, 0) is 52.8 Å². The molecule has 4 nitrogen and oxygen atoms in total. The highest BCUT2D eigenvalue weighted by molar-refractivity contribution is 14.0. The Morgan fingerprint density at radius 2 is 1.74 bits per heavy atom. The summed E-state index contributed by atoms with van der Waals surface area (Å²) in [7, 11) is 2.16. The molecule has 0 fully saturated rings. The molecular weight excluding hydrogens is 399 g/mol. The Kier molecular flexibility index (Phi) is 11.3. The van der Waals surface area contributed by atoms with Crippen molar-refractivity contribution in [1.29, 1.82) is 0 Å². The van der Waals surface area contributed by atoms with Gasteiger partial charge in [0.2, 0.25) is 0 Å². The van der Waals surface area contributed by atoms with Gasteiger partial charge in [0.25, 0.3) is 0 Å². The van der Waals surface area contributed by atoms with Gasteiger partial charge in [-0.2, -0.15) is 0 Å². The van der Waals surface area contributed by atoms with Gasteiger partial charge in [-0.1, -0.05) is 24.3 Å². The Morgan fingerprint density at radius 3 is 2.26 bits per heavy atom. The molecule has 0 aliphatic heterocycles. The second-order valence-electron chi connectivity index (χ2n) is 6.27. The molecule has 1 aromatic carbocycles. The average molecular weight is 432 g/mol. The summed E-state index contributed by atoms with van der Waals surface area (Å²) in [5, 5.41) is 6.65. The van der Waals surface area contributed by atoms with E-state index in [0.717, 1.165) is 19.0 Å². The zero-order valence-electron chi connectivity index (χ0n) is 15.4. The first kappa shape index (κ1) is 22.2. The Morgan fingerprint density at radius 1 is 1.13 bits per heavy atom. The molecule has 1 rings (SSSR count). The molecule has 0 spiro atoms. The Balaban J connectivity index is 0.00000484. The Hall–Kier alpha value is -0.820. The summed E-state index contributed by atoms with van der Waals surface area (Å²) >= 11 is 0. The molecule has 0 radical (unpaired) electrons. The predicted octanol–water partition coefficient (Wildman–Crippen LogP) is 3.61. The van der Waals surface area contributed by atoms with Crippen molar-refractivity contribution in [3.05, 3.63) is 35.4 Å². The van der Waals surface area contributed by atoms with Crippen molar-refractivity contribution >= 4 is 29.9 Å². The summed E-state index contributed by atoms with van der Waals surface area (Å²) in [5.74, 6) is 0.879. The number of aliphatic imine (C=N–C) groups is 1. The minimum Gasteiger partial charge on any atom is -0.357 e. The minimum absolute atomic E-state index is 0. The maximum atomic E-state index is 4.71. The van der Waals surface area contributed by atoms with Crippen LogP contribution in [0.2, 0.25) is 0 Å². The molecule has 1 aromatic rings. The summed E-state index contributed by atoms with van der Waals surface area (Å²) < 4.78 is 0. The van der Waals surface area contributed by atoms with Crippen LogP contribution in [-0.2, 0) is 13.1 Å². The molecule has 0 atom stereocenters. The van der Waals surface area contributed by atoms with Crippen molar-refractivity contribution in [2.45, 2.75) is 59.8 Å². The smallest absolute Gasteiger partial charge is 0.191 e. The van der Waals surface area contributed by atoms with E-state index in [4.69, 9.17) is 4.99 Å². The van der Waals surface area contributed by atoms with Crippen LogP contribution in [0.4, 0.5) is 0 Å². The van der Waals surface area contributed by atoms with Gasteiger partial charge in [-0.25, -0.2) is 4.99 Å². The molecule has 0 aliphatic carbocycles. The van der Waals surface area contributed by atoms with Crippen LogP contribution < -0.4 is 10.6 Å². The van der Waals surface area contributed by atoms with E-state index < -0.39 is 0 Å². The molecule has 0 saturated carbocycles. The fourth-order valence-electron chi connectivity index (χ4n) is 2.07. The standard InChI is InChI=1S/C18H32N4.HI/c1-7-19-18(21-14(2)3)20-12-16-10-8-9-11-17(16)13-22(6)15(4)5;/h8-11,14-15H,7,12-13H2,1-6H3,(H2,19,20,21);1H. The third kappa shape index (κ3) is 8.55. The van der Waals surface area contributed by atoms with Crippen LogP contribution in [0.3, 0.4) is 0 Å². The second kappa shape index (κ2) is 11.7. The topological polar surface area (TPSA) is 39.7 Å². The van der Waals surface area contributed by atoms with Crippen molar-refractivity contribution < 1.29 is 0 Å². The molecule has 5 heteroatoms. The molecule has 0 unspecified atom stereocenters. The largest absolute Gasteiger partial charge is 0.357 e. The maximum absolute atomic E-state index is 4.71. The molecule has 23 heavy (non-hydrogen) atoms. The van der Waals surface area contributed by atoms with Gasteiger partial charge < -0.3 is 10.6 Å². The third-order valence-corrected chi connectivity index (χ3v) is 3.60. The second-order valence-corrected chi connectivity index (χ2v) is 6.27. The number of rotatable bonds is 7. The van der Waals surface area contributed by atoms with Gasteiger partial charge >= 0.3 is 0 Å². The minimum atomic E-state index is 0. The van der Waals surface area contributed by atoms with Crippen LogP contribution in [-0.4, -0.2) is 36.5 Å². The normalized spacial score (nSPS) is 11.8. The lowest BCUT2D eigenvalue weighted by molar-refractivity contribution is 0.265. The fraction of sp³-hybridized carbons (Fsp3) is 0.611. The van der Waals surface area contributed by atoms with Crippen molar-refractivity contribution in [3.63, 3.8) is 0 Å². The van der Waals surface area contributed by atoms with Gasteiger partial charge in [0, 0.05) is 25.2 Å². The van der Waals surface area contributed by atoms with E-state index in [1.165, 1.54) is 11.1 Å². The molecular formula is C18H33IN4. The molecule has 0 heterocycles. The molecule has 0 aromatic heterocycles. The number of nitrogens with one attached hydrogen (secondary N) is 2. The van der Waals surface area contributed by atoms with Gasteiger partial charge in [0.15, 0.2) is 5.96 Å². The predicted molar refractivity (Wildman–Crippen MR) is 112 cm³/mol. The summed E-state index contributed by atoms with van der Waals surface area (Å²) in [6.45, 7) is 13.3. The van der Waals surface area contributed by atoms with Crippen molar-refractivity contribution in [3.8, 4) is 0 Å². The average Bonchev–Trinajstić information content (AvgIpc) is 2.45.